The van der Waals surface area contributed by atoms with E-state index in [1.54, 1.807) is 0 Å². The van der Waals surface area contributed by atoms with Gasteiger partial charge in [0.15, 0.2) is 0 Å². The molecule has 4 nitrogen and oxygen atoms in total. The number of anilines is 1. The van der Waals surface area contributed by atoms with Crippen LogP contribution < -0.4 is 5.32 Å². The van der Waals surface area contributed by atoms with Gasteiger partial charge in [0, 0.05) is 30.9 Å². The smallest absolute Gasteiger partial charge is 0.110 e. The molecule has 1 aromatic heterocycles. The van der Waals surface area contributed by atoms with Crippen molar-refractivity contribution < 1.29 is 5.21 Å². The summed E-state index contributed by atoms with van der Waals surface area (Å²) in [4.78, 5) is 0. The lowest BCUT2D eigenvalue weighted by Crippen LogP contribution is -2.21. The highest BCUT2D eigenvalue weighted by molar-refractivity contribution is 6.02. The molecule has 0 spiro atoms. The first-order valence-electron chi connectivity index (χ1n) is 6.46. The Kier molecular flexibility index (Phi) is 2.99. The van der Waals surface area contributed by atoms with Crippen LogP contribution in [-0.4, -0.2) is 22.0 Å². The molecular weight excluding hydrogens is 238 g/mol. The monoisotopic (exact) mass is 255 g/mol. The van der Waals surface area contributed by atoms with E-state index in [-0.39, 0.29) is 5.92 Å². The fourth-order valence-corrected chi connectivity index (χ4v) is 2.55. The molecule has 1 aliphatic heterocycles. The summed E-state index contributed by atoms with van der Waals surface area (Å²) in [6.07, 6.45) is 2.02. The minimum Gasteiger partial charge on any atom is -0.411 e. The number of aromatic nitrogens is 1. The summed E-state index contributed by atoms with van der Waals surface area (Å²) in [5, 5.41) is 16.0. The van der Waals surface area contributed by atoms with Gasteiger partial charge in [0.1, 0.15) is 5.71 Å². The van der Waals surface area contributed by atoms with Crippen LogP contribution in [0.15, 0.2) is 47.8 Å². The van der Waals surface area contributed by atoms with E-state index in [1.807, 2.05) is 18.3 Å². The summed E-state index contributed by atoms with van der Waals surface area (Å²) in [5.41, 5.74) is 4.13. The summed E-state index contributed by atoms with van der Waals surface area (Å²) >= 11 is 0. The van der Waals surface area contributed by atoms with Crippen molar-refractivity contribution >= 4 is 11.4 Å². The molecule has 0 amide bonds. The van der Waals surface area contributed by atoms with E-state index in [0.717, 1.165) is 30.2 Å². The Morgan fingerprint density at radius 2 is 2.11 bits per heavy atom. The Morgan fingerprint density at radius 1 is 1.32 bits per heavy atom. The number of oxime groups is 1. The van der Waals surface area contributed by atoms with Crippen molar-refractivity contribution in [3.63, 3.8) is 0 Å². The minimum atomic E-state index is 0.211. The van der Waals surface area contributed by atoms with E-state index >= 15 is 0 Å². The van der Waals surface area contributed by atoms with E-state index < -0.39 is 0 Å². The molecule has 0 unspecified atom stereocenters. The molecule has 1 aliphatic rings. The summed E-state index contributed by atoms with van der Waals surface area (Å²) in [6.45, 7) is 3.70. The van der Waals surface area contributed by atoms with E-state index in [1.165, 1.54) is 5.56 Å². The van der Waals surface area contributed by atoms with E-state index in [2.05, 4.69) is 46.2 Å². The molecule has 2 N–H and O–H groups in total. The van der Waals surface area contributed by atoms with Gasteiger partial charge < -0.3 is 15.1 Å². The van der Waals surface area contributed by atoms with Gasteiger partial charge in [-0.05, 0) is 31.2 Å². The van der Waals surface area contributed by atoms with Crippen LogP contribution >= 0.6 is 0 Å². The van der Waals surface area contributed by atoms with Crippen molar-refractivity contribution in [3.05, 3.63) is 53.9 Å². The van der Waals surface area contributed by atoms with Crippen LogP contribution in [-0.2, 0) is 6.54 Å². The number of hydrogen-bond acceptors (Lipinski definition) is 3. The lowest BCUT2D eigenvalue weighted by Gasteiger charge is -2.12. The lowest BCUT2D eigenvalue weighted by atomic mass is 10.0. The molecule has 0 saturated heterocycles. The number of rotatable bonds is 3. The third-order valence-corrected chi connectivity index (χ3v) is 3.61. The SMILES string of the molecule is Cc1ccc(NC[C@@H]2Cn3cccc3C2=NO)cc1. The second-order valence-electron chi connectivity index (χ2n) is 4.97. The number of nitrogens with zero attached hydrogens (tertiary/aromatic N) is 2. The van der Waals surface area contributed by atoms with Crippen LogP contribution in [0.1, 0.15) is 11.3 Å². The van der Waals surface area contributed by atoms with Gasteiger partial charge in [-0.25, -0.2) is 0 Å². The van der Waals surface area contributed by atoms with Crippen molar-refractivity contribution in [1.82, 2.24) is 4.57 Å². The van der Waals surface area contributed by atoms with Crippen molar-refractivity contribution in [2.45, 2.75) is 13.5 Å². The molecule has 0 aliphatic carbocycles. The Morgan fingerprint density at radius 3 is 2.84 bits per heavy atom. The van der Waals surface area contributed by atoms with Gasteiger partial charge in [0.05, 0.1) is 5.69 Å². The largest absolute Gasteiger partial charge is 0.411 e. The van der Waals surface area contributed by atoms with Crippen molar-refractivity contribution in [1.29, 1.82) is 0 Å². The first-order valence-corrected chi connectivity index (χ1v) is 6.46. The van der Waals surface area contributed by atoms with Crippen LogP contribution in [0.5, 0.6) is 0 Å². The number of benzene rings is 1. The lowest BCUT2D eigenvalue weighted by molar-refractivity contribution is 0.316. The molecule has 19 heavy (non-hydrogen) atoms. The van der Waals surface area contributed by atoms with E-state index in [9.17, 15) is 5.21 Å². The number of fused-ring (bicyclic) bond motifs is 1. The highest BCUT2D eigenvalue weighted by Gasteiger charge is 2.28. The third-order valence-electron chi connectivity index (χ3n) is 3.61. The Hall–Kier alpha value is -2.23. The molecule has 0 saturated carbocycles. The van der Waals surface area contributed by atoms with Crippen molar-refractivity contribution in [2.75, 3.05) is 11.9 Å². The topological polar surface area (TPSA) is 49.5 Å². The fourth-order valence-electron chi connectivity index (χ4n) is 2.55. The molecule has 0 radical (unpaired) electrons. The molecule has 4 heteroatoms. The van der Waals surface area contributed by atoms with E-state index in [4.69, 9.17) is 0 Å². The zero-order chi connectivity index (χ0) is 13.2. The minimum absolute atomic E-state index is 0.211. The predicted octanol–water partition coefficient (Wildman–Crippen LogP) is 2.72. The predicted molar refractivity (Wildman–Crippen MR) is 75.9 cm³/mol. The molecule has 0 bridgehead atoms. The number of hydrogen-bond donors (Lipinski definition) is 2. The van der Waals surface area contributed by atoms with Gasteiger partial charge in [-0.1, -0.05) is 22.9 Å². The van der Waals surface area contributed by atoms with Gasteiger partial charge in [-0.3, -0.25) is 0 Å². The molecule has 2 heterocycles. The Bertz CT molecular complexity index is 598. The second kappa shape index (κ2) is 4.80. The highest BCUT2D eigenvalue weighted by Crippen LogP contribution is 2.22. The molecule has 1 atom stereocenters. The maximum absolute atomic E-state index is 9.18. The van der Waals surface area contributed by atoms with Crippen LogP contribution in [0.4, 0.5) is 5.69 Å². The maximum Gasteiger partial charge on any atom is 0.110 e. The summed E-state index contributed by atoms with van der Waals surface area (Å²) in [7, 11) is 0. The standard InChI is InChI=1S/C15H17N3O/c1-11-4-6-13(7-5-11)16-9-12-10-18-8-2-3-14(18)15(12)17-19/h2-8,12,16,19H,9-10H2,1H3/t12-/m1/s1. The number of aryl methyl sites for hydroxylation is 1. The Balaban J connectivity index is 1.68. The van der Waals surface area contributed by atoms with Gasteiger partial charge in [-0.2, -0.15) is 0 Å². The van der Waals surface area contributed by atoms with Crippen LogP contribution in [0.2, 0.25) is 0 Å². The number of nitrogens with one attached hydrogen (secondary N) is 1. The zero-order valence-corrected chi connectivity index (χ0v) is 10.9. The average Bonchev–Trinajstić information content (AvgIpc) is 2.98. The quantitative estimate of drug-likeness (QED) is 0.654. The van der Waals surface area contributed by atoms with Crippen LogP contribution in [0.3, 0.4) is 0 Å². The normalized spacial score (nSPS) is 19.6. The third kappa shape index (κ3) is 2.21. The molecular formula is C15H17N3O. The first kappa shape index (κ1) is 11.8. The van der Waals surface area contributed by atoms with Gasteiger partial charge in [0.25, 0.3) is 0 Å². The second-order valence-corrected chi connectivity index (χ2v) is 4.97. The maximum atomic E-state index is 9.18. The fraction of sp³-hybridized carbons (Fsp3) is 0.267. The molecule has 2 aromatic rings. The van der Waals surface area contributed by atoms with Crippen molar-refractivity contribution in [3.8, 4) is 0 Å². The Labute approximate surface area is 112 Å². The van der Waals surface area contributed by atoms with E-state index in [0.29, 0.717) is 0 Å². The summed E-state index contributed by atoms with van der Waals surface area (Å²) in [5.74, 6) is 0.211. The zero-order valence-electron chi connectivity index (χ0n) is 10.9. The average molecular weight is 255 g/mol. The van der Waals surface area contributed by atoms with Crippen LogP contribution in [0.25, 0.3) is 0 Å². The molecule has 0 fully saturated rings. The van der Waals surface area contributed by atoms with Crippen molar-refractivity contribution in [2.24, 2.45) is 11.1 Å². The summed E-state index contributed by atoms with van der Waals surface area (Å²) in [6, 6.07) is 12.3. The van der Waals surface area contributed by atoms with Gasteiger partial charge in [0.2, 0.25) is 0 Å². The molecule has 1 aromatic carbocycles. The highest BCUT2D eigenvalue weighted by atomic mass is 16.4. The van der Waals surface area contributed by atoms with Crippen LogP contribution in [0, 0.1) is 12.8 Å². The molecule has 3 rings (SSSR count). The molecule has 98 valence electrons. The summed E-state index contributed by atoms with van der Waals surface area (Å²) < 4.78 is 2.12. The first-order chi connectivity index (χ1) is 9.28. The van der Waals surface area contributed by atoms with Gasteiger partial charge in [-0.15, -0.1) is 0 Å². The van der Waals surface area contributed by atoms with Gasteiger partial charge >= 0.3 is 0 Å².